The van der Waals surface area contributed by atoms with Gasteiger partial charge in [-0.15, -0.1) is 29.1 Å². The monoisotopic (exact) mass is 523 g/mol. The predicted octanol–water partition coefficient (Wildman–Crippen LogP) is 5.76. The average Bonchev–Trinajstić information content (AvgIpc) is 2.53. The summed E-state index contributed by atoms with van der Waals surface area (Å²) < 4.78 is 0. The summed E-state index contributed by atoms with van der Waals surface area (Å²) in [6.45, 7) is 7.06. The van der Waals surface area contributed by atoms with E-state index in [1.165, 1.54) is 41.8 Å². The fourth-order valence-electron chi connectivity index (χ4n) is 2.47. The Morgan fingerprint density at radius 1 is 0.962 bits per heavy atom. The minimum absolute atomic E-state index is 0. The van der Waals surface area contributed by atoms with Crippen LogP contribution in [0.1, 0.15) is 25.0 Å². The number of allylic oxidation sites excluding steroid dienone is 2. The fourth-order valence-corrected chi connectivity index (χ4v) is 2.47. The molecule has 0 heterocycles. The molecule has 3 aromatic carbocycles. The summed E-state index contributed by atoms with van der Waals surface area (Å²) >= 11 is 0. The number of aliphatic hydroxyl groups excluding tert-OH is 1. The van der Waals surface area contributed by atoms with Gasteiger partial charge in [0.1, 0.15) is 0 Å². The van der Waals surface area contributed by atoms with Crippen LogP contribution < -0.4 is 0 Å². The van der Waals surface area contributed by atoms with Crippen LogP contribution in [-0.2, 0) is 24.9 Å². The average molecular weight is 523 g/mol. The van der Waals surface area contributed by atoms with E-state index in [9.17, 15) is 4.79 Å². The molecule has 0 spiro atoms. The molecule has 0 bridgehead atoms. The first-order valence-electron chi connectivity index (χ1n) is 8.14. The third-order valence-corrected chi connectivity index (χ3v) is 3.57. The molecule has 1 N–H and O–H groups in total. The van der Waals surface area contributed by atoms with Gasteiger partial charge in [-0.05, 0) is 20.8 Å². The number of aryl methyl sites for hydroxylation is 2. The SMILES string of the molecule is CC(=O)/C=C(/C)O.Cc1cc[c-]c(-c2[c-]c3cc(C)ccc3cc2)c1.[Ir]. The molecule has 1 radical (unpaired) electrons. The molecule has 0 unspecified atom stereocenters. The van der Waals surface area contributed by atoms with E-state index < -0.39 is 0 Å². The number of aliphatic hydroxyl groups is 1. The summed E-state index contributed by atoms with van der Waals surface area (Å²) in [5.41, 5.74) is 4.74. The third-order valence-electron chi connectivity index (χ3n) is 3.57. The van der Waals surface area contributed by atoms with Gasteiger partial charge in [0, 0.05) is 26.2 Å². The molecule has 0 aliphatic carbocycles. The van der Waals surface area contributed by atoms with E-state index in [2.05, 4.69) is 68.4 Å². The van der Waals surface area contributed by atoms with Gasteiger partial charge in [-0.25, -0.2) is 5.56 Å². The van der Waals surface area contributed by atoms with Crippen molar-refractivity contribution < 1.29 is 30.0 Å². The number of hydrogen-bond donors (Lipinski definition) is 1. The summed E-state index contributed by atoms with van der Waals surface area (Å²) in [4.78, 5) is 10.0. The Labute approximate surface area is 168 Å². The number of fused-ring (bicyclic) bond motifs is 1. The maximum absolute atomic E-state index is 10.0. The van der Waals surface area contributed by atoms with Crippen LogP contribution in [0.5, 0.6) is 0 Å². The number of hydrogen-bond acceptors (Lipinski definition) is 2. The standard InChI is InChI=1S/C18H14.C5H8O2.Ir/c1-13-4-3-5-16(10-13)17-9-8-15-7-6-14(2)11-18(15)12-17;1-4(6)3-5(2)7;/h3-4,6-11H,1-2H3;3,6H,1-2H3;/q-2;;/b;4-3-;. The molecule has 137 valence electrons. The van der Waals surface area contributed by atoms with E-state index in [1.54, 1.807) is 0 Å². The molecular formula is C23H22IrO2-2. The van der Waals surface area contributed by atoms with Crippen LogP contribution >= 0.6 is 0 Å². The van der Waals surface area contributed by atoms with Crippen molar-refractivity contribution in [2.24, 2.45) is 0 Å². The number of rotatable bonds is 2. The molecule has 0 fully saturated rings. The number of ketones is 1. The van der Waals surface area contributed by atoms with Crippen molar-refractivity contribution in [2.45, 2.75) is 27.7 Å². The minimum atomic E-state index is -0.125. The topological polar surface area (TPSA) is 37.3 Å². The van der Waals surface area contributed by atoms with Gasteiger partial charge in [0.15, 0.2) is 5.78 Å². The van der Waals surface area contributed by atoms with Gasteiger partial charge in [-0.1, -0.05) is 30.0 Å². The van der Waals surface area contributed by atoms with E-state index in [4.69, 9.17) is 5.11 Å². The van der Waals surface area contributed by atoms with E-state index >= 15 is 0 Å². The van der Waals surface area contributed by atoms with Gasteiger partial charge in [-0.3, -0.25) is 4.79 Å². The van der Waals surface area contributed by atoms with Gasteiger partial charge in [0.05, 0.1) is 5.76 Å². The quantitative estimate of drug-likeness (QED) is 0.264. The molecule has 3 heteroatoms. The predicted molar refractivity (Wildman–Crippen MR) is 104 cm³/mol. The van der Waals surface area contributed by atoms with Crippen LogP contribution in [0.4, 0.5) is 0 Å². The Bertz CT molecular complexity index is 922. The fraction of sp³-hybridized carbons (Fsp3) is 0.174. The van der Waals surface area contributed by atoms with Gasteiger partial charge >= 0.3 is 0 Å². The molecule has 2 nitrogen and oxygen atoms in total. The van der Waals surface area contributed by atoms with Crippen LogP contribution in [-0.4, -0.2) is 10.9 Å². The summed E-state index contributed by atoms with van der Waals surface area (Å²) in [5, 5.41) is 10.8. The molecular weight excluding hydrogens is 500 g/mol. The van der Waals surface area contributed by atoms with Gasteiger partial charge in [0.2, 0.25) is 0 Å². The smallest absolute Gasteiger partial charge is 0.155 e. The summed E-state index contributed by atoms with van der Waals surface area (Å²) in [7, 11) is 0. The van der Waals surface area contributed by atoms with Crippen LogP contribution in [0.2, 0.25) is 0 Å². The number of carbonyl (C=O) groups is 1. The molecule has 3 rings (SSSR count). The van der Waals surface area contributed by atoms with E-state index in [0.717, 1.165) is 11.1 Å². The molecule has 3 aromatic rings. The van der Waals surface area contributed by atoms with Crippen LogP contribution in [0.3, 0.4) is 0 Å². The van der Waals surface area contributed by atoms with Crippen molar-refractivity contribution in [2.75, 3.05) is 0 Å². The summed E-state index contributed by atoms with van der Waals surface area (Å²) in [6.07, 6.45) is 1.17. The van der Waals surface area contributed by atoms with Gasteiger partial charge in [0.25, 0.3) is 0 Å². The zero-order chi connectivity index (χ0) is 18.4. The van der Waals surface area contributed by atoms with Crippen LogP contribution in [0.15, 0.2) is 60.4 Å². The van der Waals surface area contributed by atoms with Crippen LogP contribution in [0.25, 0.3) is 21.9 Å². The van der Waals surface area contributed by atoms with Crippen molar-refractivity contribution in [1.82, 2.24) is 0 Å². The Morgan fingerprint density at radius 3 is 2.19 bits per heavy atom. The molecule has 26 heavy (non-hydrogen) atoms. The Morgan fingerprint density at radius 2 is 1.62 bits per heavy atom. The summed E-state index contributed by atoms with van der Waals surface area (Å²) in [6, 6.07) is 23.7. The second-order valence-corrected chi connectivity index (χ2v) is 6.14. The van der Waals surface area contributed by atoms with E-state index in [1.807, 2.05) is 6.07 Å². The molecule has 0 aliphatic rings. The Balaban J connectivity index is 0.000000366. The zero-order valence-electron chi connectivity index (χ0n) is 15.4. The van der Waals surface area contributed by atoms with Crippen molar-refractivity contribution >= 4 is 16.6 Å². The molecule has 0 saturated carbocycles. The molecule has 0 aromatic heterocycles. The largest absolute Gasteiger partial charge is 0.512 e. The first-order valence-corrected chi connectivity index (χ1v) is 8.14. The van der Waals surface area contributed by atoms with Crippen molar-refractivity contribution in [3.63, 3.8) is 0 Å². The Kier molecular flexibility index (Phi) is 8.44. The first kappa shape index (κ1) is 21.8. The maximum Gasteiger partial charge on any atom is 0.155 e. The maximum atomic E-state index is 10.0. The second-order valence-electron chi connectivity index (χ2n) is 6.14. The number of benzene rings is 3. The van der Waals surface area contributed by atoms with E-state index in [0.29, 0.717) is 0 Å². The molecule has 0 amide bonds. The van der Waals surface area contributed by atoms with Crippen molar-refractivity contribution in [1.29, 1.82) is 0 Å². The third kappa shape index (κ3) is 6.59. The van der Waals surface area contributed by atoms with Crippen LogP contribution in [0, 0.1) is 26.0 Å². The van der Waals surface area contributed by atoms with Gasteiger partial charge in [-0.2, -0.15) is 35.9 Å². The Hall–Kier alpha value is -2.22. The first-order chi connectivity index (χ1) is 11.8. The second kappa shape index (κ2) is 10.1. The van der Waals surface area contributed by atoms with E-state index in [-0.39, 0.29) is 31.6 Å². The zero-order valence-corrected chi connectivity index (χ0v) is 17.8. The normalized spacial score (nSPS) is 10.5. The number of carbonyl (C=O) groups excluding carboxylic acids is 1. The van der Waals surface area contributed by atoms with Gasteiger partial charge < -0.3 is 5.11 Å². The van der Waals surface area contributed by atoms with Crippen molar-refractivity contribution in [3.8, 4) is 11.1 Å². The molecule has 0 atom stereocenters. The minimum Gasteiger partial charge on any atom is -0.512 e. The summed E-state index contributed by atoms with van der Waals surface area (Å²) in [5.74, 6) is -0.0625. The molecule has 0 aliphatic heterocycles. The van der Waals surface area contributed by atoms with Crippen molar-refractivity contribution in [3.05, 3.63) is 83.6 Å². The molecule has 0 saturated heterocycles.